The van der Waals surface area contributed by atoms with Crippen molar-refractivity contribution in [1.82, 2.24) is 4.57 Å². The van der Waals surface area contributed by atoms with E-state index in [0.29, 0.717) is 11.8 Å². The van der Waals surface area contributed by atoms with Gasteiger partial charge in [-0.3, -0.25) is 0 Å². The van der Waals surface area contributed by atoms with Crippen molar-refractivity contribution in [3.63, 3.8) is 0 Å². The lowest BCUT2D eigenvalue weighted by Gasteiger charge is -2.25. The van der Waals surface area contributed by atoms with Crippen molar-refractivity contribution in [2.75, 3.05) is 0 Å². The van der Waals surface area contributed by atoms with Crippen molar-refractivity contribution in [2.45, 2.75) is 12.8 Å². The quantitative estimate of drug-likeness (QED) is 0.472. The number of aromatic nitrogens is 1. The predicted octanol–water partition coefficient (Wildman–Crippen LogP) is 6.61. The van der Waals surface area contributed by atoms with Gasteiger partial charge in [0.1, 0.15) is 0 Å². The topological polar surface area (TPSA) is 4.93 Å². The molecule has 1 heteroatoms. The van der Waals surface area contributed by atoms with Crippen LogP contribution in [0.25, 0.3) is 27.5 Å². The van der Waals surface area contributed by atoms with Crippen molar-refractivity contribution in [3.8, 4) is 0 Å². The van der Waals surface area contributed by atoms with Gasteiger partial charge in [0.2, 0.25) is 0 Å². The number of allylic oxidation sites excluding steroid dienone is 9. The standard InChI is InChI=1S/C25H21N/c1-3-10-19-17-11-5-6-12-18(17)21-14-9-15-22-20-13-7-8-16-24(20)26(25(21)22)23(19)4-2/h3-18H,1H2,2H3/b19-10-,23-4+. The van der Waals surface area contributed by atoms with Crippen LogP contribution < -0.4 is 0 Å². The van der Waals surface area contributed by atoms with Gasteiger partial charge in [-0.25, -0.2) is 0 Å². The Balaban J connectivity index is 2.02. The number of hydrogen-bond donors (Lipinski definition) is 0. The van der Waals surface area contributed by atoms with Crippen molar-refractivity contribution < 1.29 is 0 Å². The third-order valence-electron chi connectivity index (χ3n) is 5.69. The van der Waals surface area contributed by atoms with Gasteiger partial charge in [0.05, 0.1) is 11.0 Å². The fourth-order valence-electron chi connectivity index (χ4n) is 4.68. The first-order chi connectivity index (χ1) is 12.8. The normalized spacial score (nSPS) is 24.3. The van der Waals surface area contributed by atoms with E-state index in [9.17, 15) is 0 Å². The highest BCUT2D eigenvalue weighted by Gasteiger charge is 2.33. The third kappa shape index (κ3) is 1.91. The monoisotopic (exact) mass is 335 g/mol. The number of hydrogen-bond acceptors (Lipinski definition) is 0. The van der Waals surface area contributed by atoms with E-state index < -0.39 is 0 Å². The van der Waals surface area contributed by atoms with E-state index in [2.05, 4.69) is 97.0 Å². The molecule has 5 rings (SSSR count). The van der Waals surface area contributed by atoms with Gasteiger partial charge in [-0.15, -0.1) is 0 Å². The van der Waals surface area contributed by atoms with E-state index in [0.717, 1.165) is 0 Å². The summed E-state index contributed by atoms with van der Waals surface area (Å²) in [5, 5.41) is 2.65. The predicted molar refractivity (Wildman–Crippen MR) is 112 cm³/mol. The minimum Gasteiger partial charge on any atom is -0.309 e. The van der Waals surface area contributed by atoms with Gasteiger partial charge in [-0.2, -0.15) is 0 Å². The fraction of sp³-hybridized carbons (Fsp3) is 0.120. The molecule has 1 aromatic heterocycles. The van der Waals surface area contributed by atoms with Crippen LogP contribution in [0.15, 0.2) is 97.1 Å². The highest BCUT2D eigenvalue weighted by atomic mass is 15.0. The number of fused-ring (bicyclic) bond motifs is 5. The lowest BCUT2D eigenvalue weighted by molar-refractivity contribution is 0.685. The molecule has 2 aromatic carbocycles. The summed E-state index contributed by atoms with van der Waals surface area (Å²) in [6, 6.07) is 15.5. The summed E-state index contributed by atoms with van der Waals surface area (Å²) in [5.74, 6) is 0.670. The first-order valence-electron chi connectivity index (χ1n) is 9.22. The maximum Gasteiger partial charge on any atom is 0.0579 e. The van der Waals surface area contributed by atoms with Gasteiger partial charge >= 0.3 is 0 Å². The maximum absolute atomic E-state index is 3.98. The zero-order valence-electron chi connectivity index (χ0n) is 14.9. The van der Waals surface area contributed by atoms with E-state index >= 15 is 0 Å². The van der Waals surface area contributed by atoms with E-state index in [1.165, 1.54) is 38.6 Å². The number of para-hydroxylation sites is 2. The van der Waals surface area contributed by atoms with Gasteiger partial charge in [0.25, 0.3) is 0 Å². The molecule has 0 fully saturated rings. The Morgan fingerprint density at radius 2 is 1.69 bits per heavy atom. The van der Waals surface area contributed by atoms with Crippen molar-refractivity contribution in [2.24, 2.45) is 5.92 Å². The molecule has 2 heterocycles. The van der Waals surface area contributed by atoms with Crippen LogP contribution in [0.1, 0.15) is 18.4 Å². The average Bonchev–Trinajstić information content (AvgIpc) is 2.97. The summed E-state index contributed by atoms with van der Waals surface area (Å²) in [6.45, 7) is 6.12. The van der Waals surface area contributed by atoms with Crippen LogP contribution in [0.3, 0.4) is 0 Å². The summed E-state index contributed by atoms with van der Waals surface area (Å²) in [4.78, 5) is 0. The Morgan fingerprint density at radius 1 is 0.923 bits per heavy atom. The van der Waals surface area contributed by atoms with E-state index in [-0.39, 0.29) is 0 Å². The number of benzene rings is 2. The van der Waals surface area contributed by atoms with Gasteiger partial charge in [-0.1, -0.05) is 85.5 Å². The summed E-state index contributed by atoms with van der Waals surface area (Å²) in [6.07, 6.45) is 15.4. The van der Waals surface area contributed by atoms with E-state index in [1.54, 1.807) is 0 Å². The van der Waals surface area contributed by atoms with E-state index in [4.69, 9.17) is 0 Å². The van der Waals surface area contributed by atoms with Gasteiger partial charge in [-0.05, 0) is 24.1 Å². The minimum atomic E-state index is 0.327. The molecule has 2 atom stereocenters. The average molecular weight is 335 g/mol. The van der Waals surface area contributed by atoms with Gasteiger partial charge < -0.3 is 4.57 Å². The summed E-state index contributed by atoms with van der Waals surface area (Å²) < 4.78 is 2.45. The molecule has 0 saturated heterocycles. The Morgan fingerprint density at radius 3 is 2.50 bits per heavy atom. The molecule has 1 nitrogen and oxygen atoms in total. The molecule has 0 amide bonds. The molecular formula is C25H21N. The molecule has 0 bridgehead atoms. The van der Waals surface area contributed by atoms with Crippen LogP contribution in [-0.2, 0) is 0 Å². The summed E-state index contributed by atoms with van der Waals surface area (Å²) >= 11 is 0. The van der Waals surface area contributed by atoms with Crippen LogP contribution in [0.5, 0.6) is 0 Å². The largest absolute Gasteiger partial charge is 0.309 e. The second kappa shape index (κ2) is 5.74. The highest BCUT2D eigenvalue weighted by molar-refractivity contribution is 6.12. The minimum absolute atomic E-state index is 0.327. The second-order valence-corrected chi connectivity index (χ2v) is 6.95. The van der Waals surface area contributed by atoms with Crippen molar-refractivity contribution >= 4 is 27.5 Å². The lowest BCUT2D eigenvalue weighted by Crippen LogP contribution is -2.13. The Bertz CT molecular complexity index is 1160. The molecule has 1 aliphatic heterocycles. The van der Waals surface area contributed by atoms with Gasteiger partial charge in [0, 0.05) is 28.3 Å². The molecule has 0 saturated carbocycles. The molecule has 126 valence electrons. The van der Waals surface area contributed by atoms with Crippen LogP contribution in [0.2, 0.25) is 0 Å². The van der Waals surface area contributed by atoms with Crippen LogP contribution in [0, 0.1) is 5.92 Å². The molecule has 0 N–H and O–H groups in total. The zero-order valence-corrected chi connectivity index (χ0v) is 14.9. The molecular weight excluding hydrogens is 314 g/mol. The molecule has 2 unspecified atom stereocenters. The molecule has 0 spiro atoms. The number of rotatable bonds is 1. The zero-order chi connectivity index (χ0) is 17.7. The van der Waals surface area contributed by atoms with Crippen LogP contribution >= 0.6 is 0 Å². The molecule has 0 radical (unpaired) electrons. The molecule has 3 aromatic rings. The Hall–Kier alpha value is -3.06. The van der Waals surface area contributed by atoms with Crippen molar-refractivity contribution in [1.29, 1.82) is 0 Å². The molecule has 1 aliphatic carbocycles. The second-order valence-electron chi connectivity index (χ2n) is 6.95. The maximum atomic E-state index is 3.98. The first-order valence-corrected chi connectivity index (χ1v) is 9.22. The first kappa shape index (κ1) is 15.2. The fourth-order valence-corrected chi connectivity index (χ4v) is 4.68. The lowest BCUT2D eigenvalue weighted by atomic mass is 9.78. The van der Waals surface area contributed by atoms with Crippen LogP contribution in [-0.4, -0.2) is 4.57 Å². The smallest absolute Gasteiger partial charge is 0.0579 e. The summed E-state index contributed by atoms with van der Waals surface area (Å²) in [7, 11) is 0. The van der Waals surface area contributed by atoms with E-state index in [1.807, 2.05) is 6.08 Å². The van der Waals surface area contributed by atoms with Crippen LogP contribution in [0.4, 0.5) is 0 Å². The Kier molecular flexibility index (Phi) is 3.36. The Labute approximate surface area is 153 Å². The van der Waals surface area contributed by atoms with Crippen molar-refractivity contribution in [3.05, 3.63) is 103 Å². The molecule has 26 heavy (non-hydrogen) atoms. The van der Waals surface area contributed by atoms with Gasteiger partial charge in [0.15, 0.2) is 0 Å². The summed E-state index contributed by atoms with van der Waals surface area (Å²) in [5.41, 5.74) is 6.59. The highest BCUT2D eigenvalue weighted by Crippen LogP contribution is 2.48. The number of nitrogens with zero attached hydrogens (tertiary/aromatic N) is 1. The third-order valence-corrected chi connectivity index (χ3v) is 5.69. The SMILES string of the molecule is C=C/C=C1\C(=C/C)n2c3ccccc3c3cccc(c32)C2C=CC=CC12. The molecule has 2 aliphatic rings.